The number of aliphatic hydroxyl groups excluding tert-OH is 1. The van der Waals surface area contributed by atoms with Gasteiger partial charge in [-0.2, -0.15) is 0 Å². The number of rotatable bonds is 3. The Hall–Kier alpha value is -2.34. The van der Waals surface area contributed by atoms with Crippen molar-refractivity contribution < 1.29 is 9.84 Å². The number of aromatic nitrogens is 1. The zero-order valence-corrected chi connectivity index (χ0v) is 13.5. The highest BCUT2D eigenvalue weighted by atomic mass is 32.1. The van der Waals surface area contributed by atoms with Gasteiger partial charge < -0.3 is 14.7 Å². The first-order chi connectivity index (χ1) is 10.5. The molecule has 6 heteroatoms. The van der Waals surface area contributed by atoms with Crippen molar-refractivity contribution in [3.05, 3.63) is 45.6 Å². The Morgan fingerprint density at radius 1 is 1.27 bits per heavy atom. The van der Waals surface area contributed by atoms with Crippen LogP contribution in [0.3, 0.4) is 0 Å². The smallest absolute Gasteiger partial charge is 0.139 e. The van der Waals surface area contributed by atoms with Gasteiger partial charge in [0.2, 0.25) is 0 Å². The molecule has 0 unspecified atom stereocenters. The Morgan fingerprint density at radius 2 is 1.95 bits per heavy atom. The SMILES string of the molecule is COc1ccc(N2CC(O)=C(c3nc(C)c(C)s3)C2=N)cc1. The second-order valence-corrected chi connectivity index (χ2v) is 6.32. The predicted molar refractivity (Wildman–Crippen MR) is 89.2 cm³/mol. The van der Waals surface area contributed by atoms with Crippen molar-refractivity contribution in [1.82, 2.24) is 4.98 Å². The monoisotopic (exact) mass is 315 g/mol. The minimum Gasteiger partial charge on any atom is -0.510 e. The summed E-state index contributed by atoms with van der Waals surface area (Å²) in [5, 5.41) is 19.4. The lowest BCUT2D eigenvalue weighted by atomic mass is 10.2. The van der Waals surface area contributed by atoms with Gasteiger partial charge in [-0.3, -0.25) is 5.41 Å². The van der Waals surface area contributed by atoms with E-state index in [-0.39, 0.29) is 18.1 Å². The number of nitrogens with one attached hydrogen (secondary N) is 1. The van der Waals surface area contributed by atoms with E-state index in [1.165, 1.54) is 11.3 Å². The summed E-state index contributed by atoms with van der Waals surface area (Å²) in [4.78, 5) is 7.32. The fourth-order valence-corrected chi connectivity index (χ4v) is 3.35. The maximum Gasteiger partial charge on any atom is 0.139 e. The van der Waals surface area contributed by atoms with E-state index in [0.717, 1.165) is 22.0 Å². The number of thiazole rings is 1. The van der Waals surface area contributed by atoms with Gasteiger partial charge in [-0.05, 0) is 38.1 Å². The van der Waals surface area contributed by atoms with Gasteiger partial charge in [0.15, 0.2) is 0 Å². The van der Waals surface area contributed by atoms with Crippen LogP contribution in [0, 0.1) is 19.3 Å². The summed E-state index contributed by atoms with van der Waals surface area (Å²) in [6, 6.07) is 7.44. The molecule has 0 bridgehead atoms. The number of nitrogens with zero attached hydrogens (tertiary/aromatic N) is 2. The molecule has 0 aliphatic carbocycles. The quantitative estimate of drug-likeness (QED) is 0.909. The van der Waals surface area contributed by atoms with E-state index in [0.29, 0.717) is 10.6 Å². The van der Waals surface area contributed by atoms with Crippen LogP contribution in [0.15, 0.2) is 30.0 Å². The van der Waals surface area contributed by atoms with Gasteiger partial charge >= 0.3 is 0 Å². The van der Waals surface area contributed by atoms with Crippen molar-refractivity contribution in [2.75, 3.05) is 18.6 Å². The molecule has 0 radical (unpaired) electrons. The van der Waals surface area contributed by atoms with Crippen LogP contribution in [0.25, 0.3) is 5.57 Å². The van der Waals surface area contributed by atoms with Crippen LogP contribution < -0.4 is 9.64 Å². The number of aryl methyl sites for hydroxylation is 2. The summed E-state index contributed by atoms with van der Waals surface area (Å²) in [6.45, 7) is 4.22. The van der Waals surface area contributed by atoms with Crippen molar-refractivity contribution in [1.29, 1.82) is 5.41 Å². The fraction of sp³-hybridized carbons (Fsp3) is 0.250. The predicted octanol–water partition coefficient (Wildman–Crippen LogP) is 3.54. The number of ether oxygens (including phenoxy) is 1. The summed E-state index contributed by atoms with van der Waals surface area (Å²) < 4.78 is 5.15. The average Bonchev–Trinajstić information content (AvgIpc) is 2.98. The average molecular weight is 315 g/mol. The molecule has 0 atom stereocenters. The van der Waals surface area contributed by atoms with Crippen LogP contribution in [-0.2, 0) is 0 Å². The van der Waals surface area contributed by atoms with E-state index in [1.807, 2.05) is 38.1 Å². The number of hydrogen-bond acceptors (Lipinski definition) is 5. The number of methoxy groups -OCH3 is 1. The second-order valence-electron chi connectivity index (χ2n) is 5.12. The maximum absolute atomic E-state index is 10.3. The lowest BCUT2D eigenvalue weighted by Gasteiger charge is -2.18. The number of amidine groups is 1. The molecule has 22 heavy (non-hydrogen) atoms. The molecule has 5 nitrogen and oxygen atoms in total. The third-order valence-corrected chi connectivity index (χ3v) is 4.82. The summed E-state index contributed by atoms with van der Waals surface area (Å²) in [6.07, 6.45) is 0. The Bertz CT molecular complexity index is 743. The van der Waals surface area contributed by atoms with E-state index in [9.17, 15) is 5.11 Å². The Balaban J connectivity index is 1.92. The first-order valence-corrected chi connectivity index (χ1v) is 7.70. The molecule has 1 aliphatic heterocycles. The molecule has 114 valence electrons. The normalized spacial score (nSPS) is 14.9. The van der Waals surface area contributed by atoms with Crippen LogP contribution in [0.5, 0.6) is 5.75 Å². The van der Waals surface area contributed by atoms with Gasteiger partial charge in [0.05, 0.1) is 24.9 Å². The second kappa shape index (κ2) is 5.46. The van der Waals surface area contributed by atoms with Crippen molar-refractivity contribution >= 4 is 28.4 Å². The largest absolute Gasteiger partial charge is 0.510 e. The van der Waals surface area contributed by atoms with Crippen LogP contribution in [0.2, 0.25) is 0 Å². The Kier molecular flexibility index (Phi) is 3.62. The first kappa shape index (κ1) is 14.6. The van der Waals surface area contributed by atoms with Gasteiger partial charge in [-0.1, -0.05) is 0 Å². The van der Waals surface area contributed by atoms with Crippen molar-refractivity contribution in [2.24, 2.45) is 0 Å². The summed E-state index contributed by atoms with van der Waals surface area (Å²) in [5.41, 5.74) is 2.31. The minimum atomic E-state index is 0.189. The van der Waals surface area contributed by atoms with E-state index in [1.54, 1.807) is 12.0 Å². The number of hydrogen-bond donors (Lipinski definition) is 2. The molecule has 0 spiro atoms. The van der Waals surface area contributed by atoms with Gasteiger partial charge in [0, 0.05) is 10.6 Å². The Labute approximate surface area is 133 Å². The molecule has 1 aliphatic rings. The molecule has 2 N–H and O–H groups in total. The van der Waals surface area contributed by atoms with Gasteiger partial charge in [-0.15, -0.1) is 11.3 Å². The minimum absolute atomic E-state index is 0.189. The molecule has 0 saturated heterocycles. The number of anilines is 1. The highest BCUT2D eigenvalue weighted by molar-refractivity contribution is 7.13. The van der Waals surface area contributed by atoms with E-state index >= 15 is 0 Å². The molecule has 1 aromatic heterocycles. The summed E-state index contributed by atoms with van der Waals surface area (Å²) in [5.74, 6) is 1.23. The molecule has 0 saturated carbocycles. The van der Waals surface area contributed by atoms with Crippen molar-refractivity contribution in [3.8, 4) is 5.75 Å². The third kappa shape index (κ3) is 2.35. The molecule has 3 rings (SSSR count). The van der Waals surface area contributed by atoms with E-state index < -0.39 is 0 Å². The lowest BCUT2D eigenvalue weighted by molar-refractivity contribution is 0.411. The van der Waals surface area contributed by atoms with Crippen molar-refractivity contribution in [3.63, 3.8) is 0 Å². The molecule has 2 heterocycles. The molecule has 0 fully saturated rings. The van der Waals surface area contributed by atoms with Gasteiger partial charge in [0.25, 0.3) is 0 Å². The molecule has 2 aromatic rings. The van der Waals surface area contributed by atoms with E-state index in [2.05, 4.69) is 4.98 Å². The molecular weight excluding hydrogens is 298 g/mol. The van der Waals surface area contributed by atoms with Crippen molar-refractivity contribution in [2.45, 2.75) is 13.8 Å². The Morgan fingerprint density at radius 3 is 2.50 bits per heavy atom. The standard InChI is InChI=1S/C16H17N3O2S/c1-9-10(2)22-16(18-9)14-13(20)8-19(15(14)17)11-4-6-12(21-3)7-5-11/h4-7,17,20H,8H2,1-3H3. The third-order valence-electron chi connectivity index (χ3n) is 3.73. The molecule has 1 aromatic carbocycles. The first-order valence-electron chi connectivity index (χ1n) is 6.88. The van der Waals surface area contributed by atoms with Gasteiger partial charge in [-0.25, -0.2) is 4.98 Å². The van der Waals surface area contributed by atoms with E-state index in [4.69, 9.17) is 10.1 Å². The summed E-state index contributed by atoms with van der Waals surface area (Å²) in [7, 11) is 1.62. The van der Waals surface area contributed by atoms with Crippen LogP contribution in [0.4, 0.5) is 5.69 Å². The lowest BCUT2D eigenvalue weighted by Crippen LogP contribution is -2.25. The number of aliphatic hydroxyl groups is 1. The zero-order chi connectivity index (χ0) is 15.9. The highest BCUT2D eigenvalue weighted by Crippen LogP contribution is 2.34. The highest BCUT2D eigenvalue weighted by Gasteiger charge is 2.31. The topological polar surface area (TPSA) is 69.4 Å². The van der Waals surface area contributed by atoms with Crippen LogP contribution in [0.1, 0.15) is 15.6 Å². The number of benzene rings is 1. The zero-order valence-electron chi connectivity index (χ0n) is 12.7. The van der Waals surface area contributed by atoms with Gasteiger partial charge in [0.1, 0.15) is 22.4 Å². The fourth-order valence-electron chi connectivity index (χ4n) is 2.37. The summed E-state index contributed by atoms with van der Waals surface area (Å²) >= 11 is 1.51. The van der Waals surface area contributed by atoms with Crippen LogP contribution in [-0.4, -0.2) is 29.6 Å². The van der Waals surface area contributed by atoms with Crippen LogP contribution >= 0.6 is 11.3 Å². The maximum atomic E-state index is 10.3. The molecule has 0 amide bonds. The molecular formula is C16H17N3O2S.